The van der Waals surface area contributed by atoms with Gasteiger partial charge in [0, 0.05) is 42.9 Å². The lowest BCUT2D eigenvalue weighted by Crippen LogP contribution is -2.46. The Morgan fingerprint density at radius 1 is 0.950 bits per heavy atom. The highest BCUT2D eigenvalue weighted by molar-refractivity contribution is 6.30. The van der Waals surface area contributed by atoms with Crippen LogP contribution in [0, 0.1) is 0 Å². The van der Waals surface area contributed by atoms with E-state index in [0.29, 0.717) is 0 Å². The van der Waals surface area contributed by atoms with Crippen molar-refractivity contribution in [3.63, 3.8) is 0 Å². The third-order valence-corrected chi connectivity index (χ3v) is 4.80. The van der Waals surface area contributed by atoms with Crippen LogP contribution in [0.5, 0.6) is 0 Å². The number of anilines is 1. The Morgan fingerprint density at radius 3 is 2.45 bits per heavy atom. The molecule has 2 aliphatic heterocycles. The molecule has 0 bridgehead atoms. The fourth-order valence-corrected chi connectivity index (χ4v) is 3.50. The van der Waals surface area contributed by atoms with Crippen LogP contribution in [-0.4, -0.2) is 50.2 Å². The molecule has 2 aliphatic rings. The van der Waals surface area contributed by atoms with Gasteiger partial charge in [0.05, 0.1) is 0 Å². The third-order valence-electron chi connectivity index (χ3n) is 4.55. The first-order valence-corrected chi connectivity index (χ1v) is 8.16. The highest BCUT2D eigenvalue weighted by Gasteiger charge is 2.24. The van der Waals surface area contributed by atoms with E-state index in [4.69, 9.17) is 11.6 Å². The van der Waals surface area contributed by atoms with E-state index >= 15 is 0 Å². The topological polar surface area (TPSA) is 18.5 Å². The van der Waals surface area contributed by atoms with Gasteiger partial charge in [0.1, 0.15) is 0 Å². The Morgan fingerprint density at radius 2 is 1.70 bits per heavy atom. The number of nitrogens with zero attached hydrogens (tertiary/aromatic N) is 2. The van der Waals surface area contributed by atoms with Gasteiger partial charge in [-0.3, -0.25) is 4.90 Å². The van der Waals surface area contributed by atoms with Crippen LogP contribution in [-0.2, 0) is 0 Å². The minimum atomic E-state index is 0.776. The second kappa shape index (κ2) is 6.79. The van der Waals surface area contributed by atoms with Gasteiger partial charge in [-0.05, 0) is 56.6 Å². The molecule has 110 valence electrons. The number of nitrogens with one attached hydrogen (secondary N) is 1. The standard InChI is InChI=1S/C16H24ClN3/c17-14-2-4-15(5-3-14)20-11-6-16(7-12-20)19-10-1-8-18-9-13-19/h2-5,16,18H,1,6-13H2. The molecule has 1 aromatic carbocycles. The molecule has 0 aromatic heterocycles. The van der Waals surface area contributed by atoms with Gasteiger partial charge in [-0.2, -0.15) is 0 Å². The largest absolute Gasteiger partial charge is 0.371 e. The van der Waals surface area contributed by atoms with Gasteiger partial charge >= 0.3 is 0 Å². The van der Waals surface area contributed by atoms with Gasteiger partial charge < -0.3 is 10.2 Å². The van der Waals surface area contributed by atoms with Gasteiger partial charge in [0.25, 0.3) is 0 Å². The molecule has 0 radical (unpaired) electrons. The molecule has 0 unspecified atom stereocenters. The molecule has 1 N–H and O–H groups in total. The molecule has 3 nitrogen and oxygen atoms in total. The van der Waals surface area contributed by atoms with Crippen LogP contribution in [0.25, 0.3) is 0 Å². The number of piperidine rings is 1. The number of hydrogen-bond donors (Lipinski definition) is 1. The average Bonchev–Trinajstić information content (AvgIpc) is 2.77. The van der Waals surface area contributed by atoms with Crippen molar-refractivity contribution in [3.05, 3.63) is 29.3 Å². The molecule has 0 aliphatic carbocycles. The van der Waals surface area contributed by atoms with E-state index in [0.717, 1.165) is 30.7 Å². The Labute approximate surface area is 126 Å². The highest BCUT2D eigenvalue weighted by Crippen LogP contribution is 2.24. The summed E-state index contributed by atoms with van der Waals surface area (Å²) in [5.74, 6) is 0. The Bertz CT molecular complexity index is 404. The first kappa shape index (κ1) is 14.2. The minimum absolute atomic E-state index is 0.776. The van der Waals surface area contributed by atoms with Crippen LogP contribution in [0.2, 0.25) is 5.02 Å². The van der Waals surface area contributed by atoms with Crippen molar-refractivity contribution < 1.29 is 0 Å². The summed E-state index contributed by atoms with van der Waals surface area (Å²) in [7, 11) is 0. The van der Waals surface area contributed by atoms with E-state index in [-0.39, 0.29) is 0 Å². The molecule has 2 heterocycles. The van der Waals surface area contributed by atoms with Gasteiger partial charge in [-0.25, -0.2) is 0 Å². The maximum atomic E-state index is 5.96. The molecule has 2 fully saturated rings. The number of halogens is 1. The van der Waals surface area contributed by atoms with Crippen molar-refractivity contribution in [3.8, 4) is 0 Å². The van der Waals surface area contributed by atoms with Crippen molar-refractivity contribution in [2.45, 2.75) is 25.3 Å². The molecule has 2 saturated heterocycles. The van der Waals surface area contributed by atoms with Crippen LogP contribution >= 0.6 is 11.6 Å². The molecule has 0 saturated carbocycles. The fourth-order valence-electron chi connectivity index (χ4n) is 3.37. The van der Waals surface area contributed by atoms with Gasteiger partial charge in [-0.15, -0.1) is 0 Å². The van der Waals surface area contributed by atoms with E-state index in [1.54, 1.807) is 0 Å². The molecule has 0 atom stereocenters. The molecule has 20 heavy (non-hydrogen) atoms. The highest BCUT2D eigenvalue weighted by atomic mass is 35.5. The molecular formula is C16H24ClN3. The lowest BCUT2D eigenvalue weighted by atomic mass is 10.0. The molecule has 1 aromatic rings. The number of benzene rings is 1. The summed E-state index contributed by atoms with van der Waals surface area (Å²) in [5.41, 5.74) is 1.31. The summed E-state index contributed by atoms with van der Waals surface area (Å²) in [6, 6.07) is 9.03. The predicted molar refractivity (Wildman–Crippen MR) is 85.7 cm³/mol. The summed E-state index contributed by atoms with van der Waals surface area (Å²) >= 11 is 5.96. The molecule has 4 heteroatoms. The van der Waals surface area contributed by atoms with Crippen molar-refractivity contribution in [1.82, 2.24) is 10.2 Å². The lowest BCUT2D eigenvalue weighted by molar-refractivity contribution is 0.180. The van der Waals surface area contributed by atoms with Gasteiger partial charge in [0.2, 0.25) is 0 Å². The van der Waals surface area contributed by atoms with Crippen molar-refractivity contribution in [1.29, 1.82) is 0 Å². The number of hydrogen-bond acceptors (Lipinski definition) is 3. The molecule has 3 rings (SSSR count). The first-order chi connectivity index (χ1) is 9.83. The van der Waals surface area contributed by atoms with Crippen LogP contribution in [0.4, 0.5) is 5.69 Å². The van der Waals surface area contributed by atoms with Crippen LogP contribution in [0.3, 0.4) is 0 Å². The summed E-state index contributed by atoms with van der Waals surface area (Å²) < 4.78 is 0. The van der Waals surface area contributed by atoms with Gasteiger partial charge in [0.15, 0.2) is 0 Å². The Balaban J connectivity index is 1.54. The van der Waals surface area contributed by atoms with Crippen LogP contribution in [0.1, 0.15) is 19.3 Å². The monoisotopic (exact) mass is 293 g/mol. The van der Waals surface area contributed by atoms with Gasteiger partial charge in [-0.1, -0.05) is 11.6 Å². The molecule has 0 amide bonds. The second-order valence-corrected chi connectivity index (χ2v) is 6.27. The fraction of sp³-hybridized carbons (Fsp3) is 0.625. The minimum Gasteiger partial charge on any atom is -0.371 e. The second-order valence-electron chi connectivity index (χ2n) is 5.83. The third kappa shape index (κ3) is 3.46. The average molecular weight is 294 g/mol. The maximum absolute atomic E-state index is 5.96. The Hall–Kier alpha value is -0.770. The van der Waals surface area contributed by atoms with Crippen LogP contribution in [0.15, 0.2) is 24.3 Å². The molecule has 0 spiro atoms. The quantitative estimate of drug-likeness (QED) is 0.904. The Kier molecular flexibility index (Phi) is 4.81. The summed E-state index contributed by atoms with van der Waals surface area (Å²) in [4.78, 5) is 5.18. The maximum Gasteiger partial charge on any atom is 0.0407 e. The van der Waals surface area contributed by atoms with Crippen LogP contribution < -0.4 is 10.2 Å². The SMILES string of the molecule is Clc1ccc(N2CCC(N3CCCNCC3)CC2)cc1. The van der Waals surface area contributed by atoms with E-state index in [1.165, 1.54) is 44.6 Å². The summed E-state index contributed by atoms with van der Waals surface area (Å²) in [6.07, 6.45) is 3.85. The number of rotatable bonds is 2. The first-order valence-electron chi connectivity index (χ1n) is 7.78. The van der Waals surface area contributed by atoms with Crippen molar-refractivity contribution in [2.24, 2.45) is 0 Å². The lowest BCUT2D eigenvalue weighted by Gasteiger charge is -2.39. The zero-order chi connectivity index (χ0) is 13.8. The predicted octanol–water partition coefficient (Wildman–Crippen LogP) is 2.60. The smallest absolute Gasteiger partial charge is 0.0407 e. The van der Waals surface area contributed by atoms with E-state index in [1.807, 2.05) is 12.1 Å². The van der Waals surface area contributed by atoms with E-state index < -0.39 is 0 Å². The summed E-state index contributed by atoms with van der Waals surface area (Å²) in [5, 5.41) is 4.31. The van der Waals surface area contributed by atoms with Crippen molar-refractivity contribution in [2.75, 3.05) is 44.2 Å². The zero-order valence-electron chi connectivity index (χ0n) is 12.0. The molecular weight excluding hydrogens is 270 g/mol. The summed E-state index contributed by atoms with van der Waals surface area (Å²) in [6.45, 7) is 7.13. The zero-order valence-corrected chi connectivity index (χ0v) is 12.8. The van der Waals surface area contributed by atoms with E-state index in [9.17, 15) is 0 Å². The van der Waals surface area contributed by atoms with E-state index in [2.05, 4.69) is 27.2 Å². The van der Waals surface area contributed by atoms with Crippen molar-refractivity contribution >= 4 is 17.3 Å². The normalized spacial score (nSPS) is 22.8.